The molecule has 0 aliphatic heterocycles. The molecular formula is C15H12F2N2O3. The van der Waals surface area contributed by atoms with Crippen molar-refractivity contribution < 1.29 is 23.4 Å². The fourth-order valence-electron chi connectivity index (χ4n) is 1.58. The van der Waals surface area contributed by atoms with Crippen molar-refractivity contribution in [2.24, 2.45) is 5.10 Å². The highest BCUT2D eigenvalue weighted by Gasteiger charge is 2.04. The van der Waals surface area contributed by atoms with E-state index in [0.29, 0.717) is 11.1 Å². The van der Waals surface area contributed by atoms with Crippen LogP contribution in [-0.2, 0) is 0 Å². The number of hydrogen-bond donors (Lipinski definition) is 2. The minimum atomic E-state index is -2.87. The summed E-state index contributed by atoms with van der Waals surface area (Å²) in [5.41, 5.74) is 3.26. The molecule has 2 rings (SSSR count). The number of phenols is 1. The number of alkyl halides is 2. The van der Waals surface area contributed by atoms with Gasteiger partial charge in [0.05, 0.1) is 6.21 Å². The van der Waals surface area contributed by atoms with Crippen LogP contribution in [0, 0.1) is 0 Å². The van der Waals surface area contributed by atoms with Gasteiger partial charge >= 0.3 is 6.61 Å². The van der Waals surface area contributed by atoms with E-state index >= 15 is 0 Å². The highest BCUT2D eigenvalue weighted by Crippen LogP contribution is 2.14. The van der Waals surface area contributed by atoms with Crippen molar-refractivity contribution >= 4 is 12.1 Å². The number of carbonyl (C=O) groups is 1. The van der Waals surface area contributed by atoms with Gasteiger partial charge in [0.1, 0.15) is 11.5 Å². The Morgan fingerprint density at radius 1 is 1.14 bits per heavy atom. The molecule has 0 radical (unpaired) electrons. The predicted octanol–water partition coefficient (Wildman–Crippen LogP) is 2.76. The van der Waals surface area contributed by atoms with Crippen LogP contribution in [-0.4, -0.2) is 23.8 Å². The quantitative estimate of drug-likeness (QED) is 0.659. The summed E-state index contributed by atoms with van der Waals surface area (Å²) in [7, 11) is 0. The maximum Gasteiger partial charge on any atom is 0.387 e. The first-order valence-electron chi connectivity index (χ1n) is 6.22. The smallest absolute Gasteiger partial charge is 0.387 e. The third-order valence-corrected chi connectivity index (χ3v) is 2.61. The number of phenolic OH excluding ortho intramolecular Hbond substituents is 1. The van der Waals surface area contributed by atoms with Gasteiger partial charge in [-0.15, -0.1) is 0 Å². The second-order valence-electron chi connectivity index (χ2n) is 4.19. The number of aromatic hydroxyl groups is 1. The zero-order valence-electron chi connectivity index (χ0n) is 11.2. The molecule has 22 heavy (non-hydrogen) atoms. The Balaban J connectivity index is 1.91. The number of rotatable bonds is 5. The summed E-state index contributed by atoms with van der Waals surface area (Å²) in [5.74, 6) is -0.333. The number of hydrogen-bond acceptors (Lipinski definition) is 4. The first-order valence-corrected chi connectivity index (χ1v) is 6.22. The van der Waals surface area contributed by atoms with E-state index in [0.717, 1.165) is 0 Å². The number of hydrazone groups is 1. The number of amides is 1. The van der Waals surface area contributed by atoms with Gasteiger partial charge in [-0.05, 0) is 54.1 Å². The van der Waals surface area contributed by atoms with Crippen molar-refractivity contribution in [3.05, 3.63) is 59.7 Å². The summed E-state index contributed by atoms with van der Waals surface area (Å²) in [5, 5.41) is 12.9. The zero-order valence-corrected chi connectivity index (χ0v) is 11.2. The van der Waals surface area contributed by atoms with Crippen LogP contribution in [0.2, 0.25) is 0 Å². The Kier molecular flexibility index (Phi) is 5.02. The number of halogens is 2. The maximum atomic E-state index is 12.0. The molecule has 0 aliphatic carbocycles. The van der Waals surface area contributed by atoms with Gasteiger partial charge < -0.3 is 9.84 Å². The molecule has 0 aliphatic rings. The lowest BCUT2D eigenvalue weighted by Gasteiger charge is -2.03. The molecule has 0 atom stereocenters. The molecule has 5 nitrogen and oxygen atoms in total. The van der Waals surface area contributed by atoms with Crippen LogP contribution >= 0.6 is 0 Å². The largest absolute Gasteiger partial charge is 0.508 e. The molecule has 2 aromatic rings. The molecule has 7 heteroatoms. The number of carbonyl (C=O) groups excluding carboxylic acids is 1. The van der Waals surface area contributed by atoms with E-state index in [1.165, 1.54) is 54.7 Å². The standard InChI is InChI=1S/C15H12F2N2O3/c16-15(17)22-13-7-1-10(2-8-13)9-18-19-14(21)11-3-5-12(20)6-4-11/h1-9,15,20H,(H,19,21)/b18-9+. The minimum absolute atomic E-state index is 0.0419. The van der Waals surface area contributed by atoms with Gasteiger partial charge in [0.2, 0.25) is 0 Å². The van der Waals surface area contributed by atoms with Crippen LogP contribution in [0.1, 0.15) is 15.9 Å². The Bertz CT molecular complexity index is 655. The zero-order chi connectivity index (χ0) is 15.9. The van der Waals surface area contributed by atoms with Gasteiger partial charge in [0.15, 0.2) is 0 Å². The van der Waals surface area contributed by atoms with Gasteiger partial charge in [-0.1, -0.05) is 0 Å². The first kappa shape index (κ1) is 15.4. The Morgan fingerprint density at radius 2 is 1.77 bits per heavy atom. The summed E-state index contributed by atoms with van der Waals surface area (Å²) in [4.78, 5) is 11.7. The molecule has 2 aromatic carbocycles. The Hall–Kier alpha value is -2.96. The first-order chi connectivity index (χ1) is 10.5. The molecule has 0 saturated carbocycles. The molecule has 1 amide bonds. The van der Waals surface area contributed by atoms with E-state index < -0.39 is 12.5 Å². The van der Waals surface area contributed by atoms with Gasteiger partial charge in [-0.3, -0.25) is 4.79 Å². The topological polar surface area (TPSA) is 70.9 Å². The van der Waals surface area contributed by atoms with Crippen LogP contribution in [0.4, 0.5) is 8.78 Å². The van der Waals surface area contributed by atoms with E-state index in [1.54, 1.807) is 0 Å². The molecule has 114 valence electrons. The average Bonchev–Trinajstić information content (AvgIpc) is 2.49. The third kappa shape index (κ3) is 4.55. The summed E-state index contributed by atoms with van der Waals surface area (Å²) in [6.45, 7) is -2.87. The lowest BCUT2D eigenvalue weighted by molar-refractivity contribution is -0.0498. The minimum Gasteiger partial charge on any atom is -0.508 e. The van der Waals surface area contributed by atoms with Crippen molar-refractivity contribution in [1.82, 2.24) is 5.43 Å². The van der Waals surface area contributed by atoms with Crippen LogP contribution in [0.5, 0.6) is 11.5 Å². The number of nitrogens with zero attached hydrogens (tertiary/aromatic N) is 1. The van der Waals surface area contributed by atoms with Crippen molar-refractivity contribution in [3.63, 3.8) is 0 Å². The summed E-state index contributed by atoms with van der Waals surface area (Å²) < 4.78 is 28.2. The van der Waals surface area contributed by atoms with E-state index in [2.05, 4.69) is 15.3 Å². The summed E-state index contributed by atoms with van der Waals surface area (Å²) in [6, 6.07) is 11.5. The fraction of sp³-hybridized carbons (Fsp3) is 0.0667. The Labute approximate surface area is 124 Å². The molecule has 0 bridgehead atoms. The number of nitrogens with one attached hydrogen (secondary N) is 1. The highest BCUT2D eigenvalue weighted by atomic mass is 19.3. The highest BCUT2D eigenvalue weighted by molar-refractivity contribution is 5.94. The van der Waals surface area contributed by atoms with E-state index in [1.807, 2.05) is 0 Å². The molecule has 0 unspecified atom stereocenters. The van der Waals surface area contributed by atoms with Gasteiger partial charge in [0, 0.05) is 5.56 Å². The van der Waals surface area contributed by atoms with Crippen LogP contribution < -0.4 is 10.2 Å². The lowest BCUT2D eigenvalue weighted by atomic mass is 10.2. The van der Waals surface area contributed by atoms with Crippen molar-refractivity contribution in [2.45, 2.75) is 6.61 Å². The van der Waals surface area contributed by atoms with Gasteiger partial charge in [-0.2, -0.15) is 13.9 Å². The van der Waals surface area contributed by atoms with Crippen molar-refractivity contribution in [1.29, 1.82) is 0 Å². The van der Waals surface area contributed by atoms with Gasteiger partial charge in [-0.25, -0.2) is 5.43 Å². The molecule has 2 N–H and O–H groups in total. The average molecular weight is 306 g/mol. The van der Waals surface area contributed by atoms with Crippen molar-refractivity contribution in [3.8, 4) is 11.5 Å². The molecular weight excluding hydrogens is 294 g/mol. The second-order valence-corrected chi connectivity index (χ2v) is 4.19. The summed E-state index contributed by atoms with van der Waals surface area (Å²) >= 11 is 0. The van der Waals surface area contributed by atoms with Crippen LogP contribution in [0.3, 0.4) is 0 Å². The molecule has 0 saturated heterocycles. The number of ether oxygens (including phenoxy) is 1. The van der Waals surface area contributed by atoms with E-state index in [4.69, 9.17) is 5.11 Å². The Morgan fingerprint density at radius 3 is 2.36 bits per heavy atom. The molecule has 0 aromatic heterocycles. The third-order valence-electron chi connectivity index (χ3n) is 2.61. The number of benzene rings is 2. The fourth-order valence-corrected chi connectivity index (χ4v) is 1.58. The molecule has 0 spiro atoms. The second kappa shape index (κ2) is 7.16. The SMILES string of the molecule is O=C(N/N=C/c1ccc(OC(F)F)cc1)c1ccc(O)cc1. The normalized spacial score (nSPS) is 10.9. The van der Waals surface area contributed by atoms with Crippen LogP contribution in [0.25, 0.3) is 0 Å². The molecule has 0 heterocycles. The monoisotopic (exact) mass is 306 g/mol. The van der Waals surface area contributed by atoms with E-state index in [9.17, 15) is 13.6 Å². The van der Waals surface area contributed by atoms with E-state index in [-0.39, 0.29) is 11.5 Å². The molecule has 0 fully saturated rings. The predicted molar refractivity (Wildman–Crippen MR) is 76.2 cm³/mol. The maximum absolute atomic E-state index is 12.0. The van der Waals surface area contributed by atoms with Crippen molar-refractivity contribution in [2.75, 3.05) is 0 Å². The van der Waals surface area contributed by atoms with Gasteiger partial charge in [0.25, 0.3) is 5.91 Å². The van der Waals surface area contributed by atoms with Crippen LogP contribution in [0.15, 0.2) is 53.6 Å². The summed E-state index contributed by atoms with van der Waals surface area (Å²) in [6.07, 6.45) is 1.37. The lowest BCUT2D eigenvalue weighted by Crippen LogP contribution is -2.17.